The molecule has 1 aliphatic carbocycles. The van der Waals surface area contributed by atoms with Crippen LogP contribution >= 0.6 is 0 Å². The van der Waals surface area contributed by atoms with Crippen molar-refractivity contribution in [2.45, 2.75) is 32.1 Å². The highest BCUT2D eigenvalue weighted by Gasteiger charge is 2.15. The highest BCUT2D eigenvalue weighted by molar-refractivity contribution is 5.95. The van der Waals surface area contributed by atoms with Gasteiger partial charge in [-0.3, -0.25) is 10.1 Å². The van der Waals surface area contributed by atoms with Crippen LogP contribution in [-0.4, -0.2) is 18.6 Å². The molecule has 1 saturated carbocycles. The Balaban J connectivity index is 1.81. The quantitative estimate of drug-likeness (QED) is 0.887. The summed E-state index contributed by atoms with van der Waals surface area (Å²) in [6.45, 7) is 0.460. The largest absolute Gasteiger partial charge is 0.449 e. The van der Waals surface area contributed by atoms with Crippen LogP contribution in [0.15, 0.2) is 24.3 Å². The van der Waals surface area contributed by atoms with Gasteiger partial charge in [0.15, 0.2) is 0 Å². The molecule has 0 saturated heterocycles. The van der Waals surface area contributed by atoms with Crippen molar-refractivity contribution in [2.75, 3.05) is 11.9 Å². The zero-order valence-electron chi connectivity index (χ0n) is 11.4. The molecular formula is C15H20N2O3. The molecule has 108 valence electrons. The van der Waals surface area contributed by atoms with Gasteiger partial charge >= 0.3 is 6.09 Å². The second-order valence-electron chi connectivity index (χ2n) is 5.17. The number of benzene rings is 1. The van der Waals surface area contributed by atoms with Crippen molar-refractivity contribution in [3.8, 4) is 0 Å². The van der Waals surface area contributed by atoms with E-state index in [0.29, 0.717) is 23.8 Å². The van der Waals surface area contributed by atoms with Crippen LogP contribution in [-0.2, 0) is 4.74 Å². The minimum absolute atomic E-state index is 0.357. The summed E-state index contributed by atoms with van der Waals surface area (Å²) in [5, 5.41) is 2.61. The zero-order valence-corrected chi connectivity index (χ0v) is 11.4. The van der Waals surface area contributed by atoms with E-state index < -0.39 is 12.0 Å². The van der Waals surface area contributed by atoms with E-state index in [1.807, 2.05) is 0 Å². The molecule has 1 aromatic carbocycles. The highest BCUT2D eigenvalue weighted by atomic mass is 16.5. The van der Waals surface area contributed by atoms with Gasteiger partial charge in [0.05, 0.1) is 6.61 Å². The lowest BCUT2D eigenvalue weighted by Crippen LogP contribution is -2.20. The number of carbonyl (C=O) groups is 2. The molecule has 20 heavy (non-hydrogen) atoms. The number of nitrogens with two attached hydrogens (primary N) is 1. The summed E-state index contributed by atoms with van der Waals surface area (Å²) < 4.78 is 5.22. The number of anilines is 1. The second kappa shape index (κ2) is 6.93. The van der Waals surface area contributed by atoms with Gasteiger partial charge in [-0.05, 0) is 37.0 Å². The number of ether oxygens (including phenoxy) is 1. The normalized spacial score (nSPS) is 15.6. The summed E-state index contributed by atoms with van der Waals surface area (Å²) in [5.41, 5.74) is 6.05. The van der Waals surface area contributed by atoms with Gasteiger partial charge in [-0.25, -0.2) is 4.79 Å². The number of rotatable bonds is 4. The van der Waals surface area contributed by atoms with E-state index in [2.05, 4.69) is 5.32 Å². The molecule has 0 bridgehead atoms. The lowest BCUT2D eigenvalue weighted by molar-refractivity contribution is 0.1000. The van der Waals surface area contributed by atoms with Crippen molar-refractivity contribution in [1.29, 1.82) is 0 Å². The topological polar surface area (TPSA) is 81.4 Å². The summed E-state index contributed by atoms with van der Waals surface area (Å²) in [6, 6.07) is 6.48. The number of primary amides is 1. The van der Waals surface area contributed by atoms with Crippen LogP contribution in [0.25, 0.3) is 0 Å². The standard InChI is InChI=1S/C15H20N2O3/c16-14(18)12-7-4-8-13(9-12)17-15(19)20-10-11-5-2-1-3-6-11/h4,7-9,11H,1-3,5-6,10H2,(H2,16,18)(H,17,19). The first kappa shape index (κ1) is 14.4. The molecule has 0 atom stereocenters. The number of carbonyl (C=O) groups excluding carboxylic acids is 2. The van der Waals surface area contributed by atoms with Crippen molar-refractivity contribution in [3.63, 3.8) is 0 Å². The molecule has 5 heteroatoms. The fourth-order valence-electron chi connectivity index (χ4n) is 2.45. The average Bonchev–Trinajstić information content (AvgIpc) is 2.46. The number of hydrogen-bond acceptors (Lipinski definition) is 3. The molecule has 0 aromatic heterocycles. The molecule has 1 aliphatic rings. The van der Waals surface area contributed by atoms with Gasteiger partial charge in [-0.2, -0.15) is 0 Å². The van der Waals surface area contributed by atoms with Gasteiger partial charge in [-0.15, -0.1) is 0 Å². The van der Waals surface area contributed by atoms with E-state index >= 15 is 0 Å². The summed E-state index contributed by atoms with van der Waals surface area (Å²) >= 11 is 0. The van der Waals surface area contributed by atoms with E-state index in [1.54, 1.807) is 18.2 Å². The fraction of sp³-hybridized carbons (Fsp3) is 0.467. The molecule has 0 radical (unpaired) electrons. The minimum Gasteiger partial charge on any atom is -0.449 e. The molecule has 2 rings (SSSR count). The smallest absolute Gasteiger partial charge is 0.411 e. The third kappa shape index (κ3) is 4.26. The van der Waals surface area contributed by atoms with Crippen LogP contribution < -0.4 is 11.1 Å². The third-order valence-electron chi connectivity index (χ3n) is 3.57. The van der Waals surface area contributed by atoms with E-state index in [1.165, 1.54) is 25.3 Å². The van der Waals surface area contributed by atoms with Crippen molar-refractivity contribution in [1.82, 2.24) is 0 Å². The van der Waals surface area contributed by atoms with Crippen LogP contribution in [0.4, 0.5) is 10.5 Å². The molecule has 1 aromatic rings. The molecule has 0 unspecified atom stereocenters. The fourth-order valence-corrected chi connectivity index (χ4v) is 2.45. The highest BCUT2D eigenvalue weighted by Crippen LogP contribution is 2.23. The van der Waals surface area contributed by atoms with Crippen LogP contribution in [0.2, 0.25) is 0 Å². The Morgan fingerprint density at radius 2 is 2.00 bits per heavy atom. The monoisotopic (exact) mass is 276 g/mol. The number of amides is 2. The van der Waals surface area contributed by atoms with Gasteiger partial charge in [0.2, 0.25) is 5.91 Å². The maximum atomic E-state index is 11.7. The van der Waals surface area contributed by atoms with Crippen molar-refractivity contribution in [3.05, 3.63) is 29.8 Å². The third-order valence-corrected chi connectivity index (χ3v) is 3.57. The lowest BCUT2D eigenvalue weighted by Gasteiger charge is -2.21. The summed E-state index contributed by atoms with van der Waals surface area (Å²) in [6.07, 6.45) is 5.49. The summed E-state index contributed by atoms with van der Waals surface area (Å²) in [5.74, 6) is -0.0457. The van der Waals surface area contributed by atoms with Crippen LogP contribution in [0, 0.1) is 5.92 Å². The van der Waals surface area contributed by atoms with Crippen LogP contribution in [0.1, 0.15) is 42.5 Å². The molecule has 5 nitrogen and oxygen atoms in total. The van der Waals surface area contributed by atoms with Gasteiger partial charge in [-0.1, -0.05) is 25.3 Å². The van der Waals surface area contributed by atoms with Gasteiger partial charge in [0, 0.05) is 11.3 Å². The maximum Gasteiger partial charge on any atom is 0.411 e. The zero-order chi connectivity index (χ0) is 14.4. The Morgan fingerprint density at radius 1 is 1.25 bits per heavy atom. The average molecular weight is 276 g/mol. The molecule has 0 heterocycles. The predicted molar refractivity (Wildman–Crippen MR) is 76.5 cm³/mol. The Labute approximate surface area is 118 Å². The Kier molecular flexibility index (Phi) is 4.98. The first-order valence-electron chi connectivity index (χ1n) is 6.99. The Hall–Kier alpha value is -2.04. The molecule has 2 amide bonds. The van der Waals surface area contributed by atoms with Gasteiger partial charge < -0.3 is 10.5 Å². The molecule has 0 aliphatic heterocycles. The van der Waals surface area contributed by atoms with Gasteiger partial charge in [0.25, 0.3) is 0 Å². The van der Waals surface area contributed by atoms with Crippen LogP contribution in [0.3, 0.4) is 0 Å². The summed E-state index contributed by atoms with van der Waals surface area (Å²) in [7, 11) is 0. The lowest BCUT2D eigenvalue weighted by atomic mass is 9.90. The van der Waals surface area contributed by atoms with Crippen molar-refractivity contribution < 1.29 is 14.3 Å². The molecule has 0 spiro atoms. The van der Waals surface area contributed by atoms with E-state index in [-0.39, 0.29) is 0 Å². The van der Waals surface area contributed by atoms with Gasteiger partial charge in [0.1, 0.15) is 0 Å². The Morgan fingerprint density at radius 3 is 2.70 bits per heavy atom. The van der Waals surface area contributed by atoms with E-state index in [9.17, 15) is 9.59 Å². The second-order valence-corrected chi connectivity index (χ2v) is 5.17. The van der Waals surface area contributed by atoms with E-state index in [4.69, 9.17) is 10.5 Å². The molecule has 3 N–H and O–H groups in total. The maximum absolute atomic E-state index is 11.7. The SMILES string of the molecule is NC(=O)c1cccc(NC(=O)OCC2CCCCC2)c1. The van der Waals surface area contributed by atoms with Crippen molar-refractivity contribution >= 4 is 17.7 Å². The van der Waals surface area contributed by atoms with Crippen LogP contribution in [0.5, 0.6) is 0 Å². The molecule has 1 fully saturated rings. The minimum atomic E-state index is -0.524. The number of nitrogens with one attached hydrogen (secondary N) is 1. The molecular weight excluding hydrogens is 256 g/mol. The van der Waals surface area contributed by atoms with E-state index in [0.717, 1.165) is 12.8 Å². The Bertz CT molecular complexity index is 482. The predicted octanol–water partition coefficient (Wildman–Crippen LogP) is 2.91. The first-order valence-corrected chi connectivity index (χ1v) is 6.99. The number of hydrogen-bond donors (Lipinski definition) is 2. The summed E-state index contributed by atoms with van der Waals surface area (Å²) in [4.78, 5) is 22.7. The van der Waals surface area contributed by atoms with Crippen molar-refractivity contribution in [2.24, 2.45) is 11.7 Å². The first-order chi connectivity index (χ1) is 9.65.